The number of alkyl halides is 3. The molecule has 1 N–H and O–H groups in total. The van der Waals surface area contributed by atoms with Gasteiger partial charge in [-0.3, -0.25) is 14.7 Å². The highest BCUT2D eigenvalue weighted by molar-refractivity contribution is 5.92. The van der Waals surface area contributed by atoms with E-state index in [0.29, 0.717) is 24.2 Å². The van der Waals surface area contributed by atoms with E-state index in [1.54, 1.807) is 12.4 Å². The topological polar surface area (TPSA) is 105 Å². The second kappa shape index (κ2) is 11.0. The van der Waals surface area contributed by atoms with Crippen LogP contribution in [0.1, 0.15) is 29.8 Å². The molecule has 0 aromatic carbocycles. The Balaban J connectivity index is 0.000000360. The van der Waals surface area contributed by atoms with Crippen LogP contribution in [0.15, 0.2) is 18.6 Å². The van der Waals surface area contributed by atoms with Gasteiger partial charge in [0.25, 0.3) is 5.91 Å². The van der Waals surface area contributed by atoms with Crippen LogP contribution in [0.4, 0.5) is 13.2 Å². The number of aliphatic carboxylic acids is 1. The Hall–Kier alpha value is -2.31. The number of likely N-dealkylation sites (tertiary alicyclic amines) is 1. The van der Waals surface area contributed by atoms with Gasteiger partial charge in [-0.05, 0) is 19.3 Å². The van der Waals surface area contributed by atoms with Gasteiger partial charge < -0.3 is 19.5 Å². The predicted octanol–water partition coefficient (Wildman–Crippen LogP) is 1.45. The fourth-order valence-electron chi connectivity index (χ4n) is 4.21. The molecule has 0 radical (unpaired) electrons. The molecule has 12 heteroatoms. The van der Waals surface area contributed by atoms with Gasteiger partial charge in [0, 0.05) is 63.7 Å². The highest BCUT2D eigenvalue weighted by Crippen LogP contribution is 2.27. The molecule has 0 aliphatic carbocycles. The minimum atomic E-state index is -5.08. The van der Waals surface area contributed by atoms with Crippen LogP contribution >= 0.6 is 0 Å². The van der Waals surface area contributed by atoms with Gasteiger partial charge in [-0.15, -0.1) is 0 Å². The number of aromatic nitrogens is 2. The van der Waals surface area contributed by atoms with Gasteiger partial charge in [-0.1, -0.05) is 0 Å². The summed E-state index contributed by atoms with van der Waals surface area (Å²) in [6, 6.07) is 0.621. The quantitative estimate of drug-likeness (QED) is 0.707. The Labute approximate surface area is 183 Å². The first kappa shape index (κ1) is 24.3. The molecule has 3 fully saturated rings. The average molecular weight is 460 g/mol. The molecule has 3 saturated heterocycles. The third kappa shape index (κ3) is 6.59. The molecule has 178 valence electrons. The number of hydrogen-bond acceptors (Lipinski definition) is 7. The number of nitrogens with zero attached hydrogens (tertiary/aromatic N) is 4. The minimum absolute atomic E-state index is 0.0410. The monoisotopic (exact) mass is 460 g/mol. The number of carbonyl (C=O) groups excluding carboxylic acids is 1. The summed E-state index contributed by atoms with van der Waals surface area (Å²) in [5.74, 6) is -2.30. The van der Waals surface area contributed by atoms with Crippen molar-refractivity contribution in [1.29, 1.82) is 0 Å². The van der Waals surface area contributed by atoms with Crippen LogP contribution in [0.2, 0.25) is 0 Å². The van der Waals surface area contributed by atoms with Crippen LogP contribution in [-0.2, 0) is 14.3 Å². The molecule has 32 heavy (non-hydrogen) atoms. The maximum Gasteiger partial charge on any atom is 0.490 e. The third-order valence-corrected chi connectivity index (χ3v) is 5.89. The van der Waals surface area contributed by atoms with E-state index in [9.17, 15) is 18.0 Å². The predicted molar refractivity (Wildman–Crippen MR) is 105 cm³/mol. The molecule has 1 aromatic heterocycles. The molecule has 2 atom stereocenters. The van der Waals surface area contributed by atoms with E-state index in [4.69, 9.17) is 19.4 Å². The van der Waals surface area contributed by atoms with Crippen molar-refractivity contribution >= 4 is 11.9 Å². The summed E-state index contributed by atoms with van der Waals surface area (Å²) in [7, 11) is 0. The van der Waals surface area contributed by atoms with E-state index in [1.807, 2.05) is 4.90 Å². The Kier molecular flexibility index (Phi) is 8.38. The van der Waals surface area contributed by atoms with Crippen molar-refractivity contribution < 1.29 is 37.3 Å². The zero-order valence-electron chi connectivity index (χ0n) is 17.5. The Bertz CT molecular complexity index is 761. The molecular weight excluding hydrogens is 433 g/mol. The first-order valence-corrected chi connectivity index (χ1v) is 10.5. The number of piperidine rings is 1. The van der Waals surface area contributed by atoms with Gasteiger partial charge in [0.05, 0.1) is 18.9 Å². The van der Waals surface area contributed by atoms with Crippen molar-refractivity contribution in [1.82, 2.24) is 19.8 Å². The van der Waals surface area contributed by atoms with Crippen LogP contribution in [0, 0.1) is 5.92 Å². The fraction of sp³-hybridized carbons (Fsp3) is 0.700. The first-order valence-electron chi connectivity index (χ1n) is 10.5. The minimum Gasteiger partial charge on any atom is -0.475 e. The first-order chi connectivity index (χ1) is 15.3. The second-order valence-corrected chi connectivity index (χ2v) is 7.94. The number of rotatable bonds is 2. The van der Waals surface area contributed by atoms with Gasteiger partial charge >= 0.3 is 12.1 Å². The molecule has 0 saturated carbocycles. The Morgan fingerprint density at radius 1 is 1.06 bits per heavy atom. The largest absolute Gasteiger partial charge is 0.490 e. The van der Waals surface area contributed by atoms with Crippen molar-refractivity contribution in [3.05, 3.63) is 24.3 Å². The number of amides is 1. The molecule has 3 aliphatic rings. The summed E-state index contributed by atoms with van der Waals surface area (Å²) in [5, 5.41) is 7.12. The third-order valence-electron chi connectivity index (χ3n) is 5.89. The summed E-state index contributed by atoms with van der Waals surface area (Å²) in [4.78, 5) is 34.1. The van der Waals surface area contributed by atoms with Gasteiger partial charge in [0.1, 0.15) is 5.69 Å². The van der Waals surface area contributed by atoms with Crippen LogP contribution < -0.4 is 0 Å². The summed E-state index contributed by atoms with van der Waals surface area (Å²) < 4.78 is 43.4. The second-order valence-electron chi connectivity index (χ2n) is 7.94. The van der Waals surface area contributed by atoms with Gasteiger partial charge in [0.2, 0.25) is 0 Å². The van der Waals surface area contributed by atoms with E-state index < -0.39 is 12.1 Å². The van der Waals surface area contributed by atoms with Crippen molar-refractivity contribution in [2.45, 2.75) is 37.6 Å². The van der Waals surface area contributed by atoms with Gasteiger partial charge in [-0.2, -0.15) is 13.2 Å². The fourth-order valence-corrected chi connectivity index (χ4v) is 4.21. The lowest BCUT2D eigenvalue weighted by Crippen LogP contribution is -2.50. The van der Waals surface area contributed by atoms with E-state index >= 15 is 0 Å². The van der Waals surface area contributed by atoms with E-state index in [0.717, 1.165) is 58.7 Å². The Morgan fingerprint density at radius 2 is 1.78 bits per heavy atom. The molecule has 9 nitrogen and oxygen atoms in total. The van der Waals surface area contributed by atoms with Crippen molar-refractivity contribution in [2.24, 2.45) is 5.92 Å². The summed E-state index contributed by atoms with van der Waals surface area (Å²) >= 11 is 0. The summed E-state index contributed by atoms with van der Waals surface area (Å²) in [5.41, 5.74) is 0.415. The number of hydrogen-bond donors (Lipinski definition) is 1. The lowest BCUT2D eigenvalue weighted by Gasteiger charge is -2.39. The Morgan fingerprint density at radius 3 is 2.41 bits per heavy atom. The molecule has 1 amide bonds. The molecule has 3 aliphatic heterocycles. The number of ether oxygens (including phenoxy) is 2. The van der Waals surface area contributed by atoms with Crippen LogP contribution in [0.3, 0.4) is 0 Å². The van der Waals surface area contributed by atoms with Crippen molar-refractivity contribution in [3.63, 3.8) is 0 Å². The zero-order valence-corrected chi connectivity index (χ0v) is 17.5. The number of halogens is 3. The number of carboxylic acid groups (broad SMARTS) is 1. The zero-order chi connectivity index (χ0) is 23.1. The maximum absolute atomic E-state index is 12.6. The van der Waals surface area contributed by atoms with Gasteiger partial charge in [0.15, 0.2) is 0 Å². The van der Waals surface area contributed by atoms with Crippen LogP contribution in [0.5, 0.6) is 0 Å². The molecular formula is C20H27F3N4O5. The summed E-state index contributed by atoms with van der Waals surface area (Å²) in [6.45, 7) is 5.96. The lowest BCUT2D eigenvalue weighted by atomic mass is 9.92. The van der Waals surface area contributed by atoms with E-state index in [2.05, 4.69) is 14.9 Å². The summed E-state index contributed by atoms with van der Waals surface area (Å²) in [6.07, 6.45) is 2.95. The maximum atomic E-state index is 12.6. The molecule has 1 aromatic rings. The van der Waals surface area contributed by atoms with Crippen molar-refractivity contribution in [2.75, 3.05) is 46.0 Å². The van der Waals surface area contributed by atoms with Crippen molar-refractivity contribution in [3.8, 4) is 0 Å². The number of carbonyl (C=O) groups is 2. The number of fused-ring (bicyclic) bond motifs is 1. The van der Waals surface area contributed by atoms with Gasteiger partial charge in [-0.25, -0.2) is 9.78 Å². The lowest BCUT2D eigenvalue weighted by molar-refractivity contribution is -0.192. The highest BCUT2D eigenvalue weighted by atomic mass is 19.4. The van der Waals surface area contributed by atoms with Crippen LogP contribution in [-0.4, -0.2) is 101 Å². The SMILES string of the molecule is O=C(O)C(F)(F)F.O=C(c1cnccn1)N1CC[C@@H]2CN(C3CCOCC3)CCO[C@@H]2C1. The molecule has 4 heterocycles. The normalized spacial score (nSPS) is 25.2. The molecule has 4 rings (SSSR count). The average Bonchev–Trinajstić information content (AvgIpc) is 3.01. The standard InChI is InChI=1S/C18H26N4O3.C2HF3O2/c23-18(16-11-19-4-5-20-16)22-6-1-14-12-21(7-10-25-17(14)13-22)15-2-8-24-9-3-15;3-2(4,5)1(6)7/h4-5,11,14-15,17H,1-3,6-10,12-13H2;(H,6,7)/t14-,17-;/m1./s1. The van der Waals surface area contributed by atoms with Crippen LogP contribution in [0.25, 0.3) is 0 Å². The van der Waals surface area contributed by atoms with E-state index in [-0.39, 0.29) is 12.0 Å². The molecule has 0 bridgehead atoms. The smallest absolute Gasteiger partial charge is 0.475 e. The molecule has 0 unspecified atom stereocenters. The van der Waals surface area contributed by atoms with E-state index in [1.165, 1.54) is 6.20 Å². The molecule has 0 spiro atoms. The highest BCUT2D eigenvalue weighted by Gasteiger charge is 2.38. The number of carboxylic acids is 1.